The molecule has 1 fully saturated rings. The maximum atomic E-state index is 12.2. The van der Waals surface area contributed by atoms with Crippen LogP contribution >= 0.6 is 0 Å². The summed E-state index contributed by atoms with van der Waals surface area (Å²) in [4.78, 5) is 36.1. The van der Waals surface area contributed by atoms with Crippen LogP contribution in [0.15, 0.2) is 54.6 Å². The number of rotatable bonds is 7. The van der Waals surface area contributed by atoms with E-state index < -0.39 is 6.10 Å². The molecule has 2 aromatic rings. The van der Waals surface area contributed by atoms with Gasteiger partial charge < -0.3 is 20.7 Å². The van der Waals surface area contributed by atoms with Gasteiger partial charge in [-0.3, -0.25) is 14.4 Å². The molecule has 0 aromatic heterocycles. The van der Waals surface area contributed by atoms with Crippen LogP contribution < -0.4 is 16.0 Å². The number of amides is 3. The summed E-state index contributed by atoms with van der Waals surface area (Å²) >= 11 is 0. The Kier molecular flexibility index (Phi) is 6.75. The molecule has 0 bridgehead atoms. The van der Waals surface area contributed by atoms with Crippen LogP contribution in [0.1, 0.15) is 33.6 Å². The average molecular weight is 381 g/mol. The number of ether oxygens (including phenoxy) is 1. The number of nitrogens with one attached hydrogen (secondary N) is 3. The predicted octanol–water partition coefficient (Wildman–Crippen LogP) is 1.96. The van der Waals surface area contributed by atoms with E-state index in [2.05, 4.69) is 16.0 Å². The molecule has 1 atom stereocenters. The quantitative estimate of drug-likeness (QED) is 0.639. The highest BCUT2D eigenvalue weighted by Gasteiger charge is 2.23. The fraction of sp³-hybridized carbons (Fsp3) is 0.286. The van der Waals surface area contributed by atoms with Crippen LogP contribution in [-0.4, -0.2) is 43.5 Å². The highest BCUT2D eigenvalue weighted by molar-refractivity contribution is 5.97. The Labute approximate surface area is 163 Å². The van der Waals surface area contributed by atoms with Gasteiger partial charge in [0.15, 0.2) is 0 Å². The van der Waals surface area contributed by atoms with E-state index in [1.807, 2.05) is 6.07 Å². The van der Waals surface area contributed by atoms with Crippen molar-refractivity contribution in [1.29, 1.82) is 0 Å². The van der Waals surface area contributed by atoms with E-state index in [9.17, 15) is 14.4 Å². The van der Waals surface area contributed by atoms with E-state index in [1.165, 1.54) is 0 Å². The topological polar surface area (TPSA) is 96.5 Å². The second-order valence-electron chi connectivity index (χ2n) is 6.45. The summed E-state index contributed by atoms with van der Waals surface area (Å²) in [6.45, 7) is 1.26. The Hall–Kier alpha value is -3.19. The molecule has 3 amide bonds. The van der Waals surface area contributed by atoms with E-state index in [0.29, 0.717) is 36.5 Å². The lowest BCUT2D eigenvalue weighted by atomic mass is 10.2. The molecule has 1 saturated heterocycles. The summed E-state index contributed by atoms with van der Waals surface area (Å²) in [5.74, 6) is -0.587. The van der Waals surface area contributed by atoms with E-state index >= 15 is 0 Å². The normalized spacial score (nSPS) is 15.6. The molecule has 0 saturated carbocycles. The summed E-state index contributed by atoms with van der Waals surface area (Å²) in [6, 6.07) is 15.5. The molecule has 7 heteroatoms. The van der Waals surface area contributed by atoms with Crippen molar-refractivity contribution < 1.29 is 19.1 Å². The van der Waals surface area contributed by atoms with Crippen LogP contribution in [0.25, 0.3) is 0 Å². The molecule has 1 unspecified atom stereocenters. The molecule has 0 radical (unpaired) electrons. The summed E-state index contributed by atoms with van der Waals surface area (Å²) < 4.78 is 5.34. The second-order valence-corrected chi connectivity index (χ2v) is 6.45. The molecule has 1 aliphatic rings. The number of hydrogen-bond donors (Lipinski definition) is 3. The van der Waals surface area contributed by atoms with Crippen LogP contribution in [-0.2, 0) is 9.53 Å². The van der Waals surface area contributed by atoms with Crippen LogP contribution in [0.4, 0.5) is 5.69 Å². The monoisotopic (exact) mass is 381 g/mol. The second kappa shape index (κ2) is 9.66. The smallest absolute Gasteiger partial charge is 0.253 e. The van der Waals surface area contributed by atoms with E-state index in [1.54, 1.807) is 48.5 Å². The van der Waals surface area contributed by atoms with Crippen LogP contribution in [0.5, 0.6) is 0 Å². The molecule has 0 aliphatic carbocycles. The standard InChI is InChI=1S/C21H23N3O4/c25-19(15-5-2-1-3-6-15)22-12-13-23-20(26)16-8-10-17(11-9-16)24-21(27)18-7-4-14-28-18/h1-3,5-6,8-11,18H,4,7,12-14H2,(H,22,25)(H,23,26)(H,24,27). The minimum absolute atomic E-state index is 0.163. The summed E-state index contributed by atoms with van der Waals surface area (Å²) in [5, 5.41) is 8.29. The Morgan fingerprint density at radius 2 is 1.46 bits per heavy atom. The van der Waals surface area contributed by atoms with E-state index in [4.69, 9.17) is 4.74 Å². The van der Waals surface area contributed by atoms with Crippen LogP contribution in [0.2, 0.25) is 0 Å². The molecule has 28 heavy (non-hydrogen) atoms. The van der Waals surface area contributed by atoms with Gasteiger partial charge in [-0.15, -0.1) is 0 Å². The van der Waals surface area contributed by atoms with Gasteiger partial charge in [0.25, 0.3) is 17.7 Å². The van der Waals surface area contributed by atoms with Gasteiger partial charge in [0.2, 0.25) is 0 Å². The van der Waals surface area contributed by atoms with Crippen molar-refractivity contribution in [3.8, 4) is 0 Å². The number of carbonyl (C=O) groups is 3. The number of benzene rings is 2. The van der Waals surface area contributed by atoms with Gasteiger partial charge in [0.1, 0.15) is 6.10 Å². The summed E-state index contributed by atoms with van der Waals surface area (Å²) in [7, 11) is 0. The predicted molar refractivity (Wildman–Crippen MR) is 105 cm³/mol. The van der Waals surface area contributed by atoms with Crippen molar-refractivity contribution in [2.24, 2.45) is 0 Å². The van der Waals surface area contributed by atoms with Crippen molar-refractivity contribution in [2.75, 3.05) is 25.0 Å². The van der Waals surface area contributed by atoms with Crippen molar-refractivity contribution in [3.63, 3.8) is 0 Å². The Morgan fingerprint density at radius 3 is 2.04 bits per heavy atom. The van der Waals surface area contributed by atoms with E-state index in [-0.39, 0.29) is 17.7 Å². The lowest BCUT2D eigenvalue weighted by Crippen LogP contribution is -2.34. The third-order valence-corrected chi connectivity index (χ3v) is 4.37. The number of carbonyl (C=O) groups excluding carboxylic acids is 3. The van der Waals surface area contributed by atoms with Crippen molar-refractivity contribution in [1.82, 2.24) is 10.6 Å². The van der Waals surface area contributed by atoms with Crippen LogP contribution in [0, 0.1) is 0 Å². The van der Waals surface area contributed by atoms with Gasteiger partial charge in [0.05, 0.1) is 0 Å². The lowest BCUT2D eigenvalue weighted by molar-refractivity contribution is -0.124. The molecule has 0 spiro atoms. The molecular weight excluding hydrogens is 358 g/mol. The molecule has 1 heterocycles. The molecule has 7 nitrogen and oxygen atoms in total. The van der Waals surface area contributed by atoms with Gasteiger partial charge in [0, 0.05) is 36.5 Å². The highest BCUT2D eigenvalue weighted by atomic mass is 16.5. The maximum absolute atomic E-state index is 12.2. The number of anilines is 1. The first-order chi connectivity index (χ1) is 13.6. The zero-order valence-electron chi connectivity index (χ0n) is 15.4. The minimum atomic E-state index is -0.394. The maximum Gasteiger partial charge on any atom is 0.253 e. The van der Waals surface area contributed by atoms with Crippen molar-refractivity contribution >= 4 is 23.4 Å². The third-order valence-electron chi connectivity index (χ3n) is 4.37. The Balaban J connectivity index is 1.40. The van der Waals surface area contributed by atoms with Gasteiger partial charge in [-0.2, -0.15) is 0 Å². The first kappa shape index (κ1) is 19.6. The SMILES string of the molecule is O=C(NCCNC(=O)c1ccc(NC(=O)C2CCCO2)cc1)c1ccccc1. The number of hydrogen-bond acceptors (Lipinski definition) is 4. The molecule has 2 aromatic carbocycles. The van der Waals surface area contributed by atoms with Gasteiger partial charge in [-0.1, -0.05) is 18.2 Å². The fourth-order valence-electron chi connectivity index (χ4n) is 2.86. The van der Waals surface area contributed by atoms with Crippen molar-refractivity contribution in [2.45, 2.75) is 18.9 Å². The van der Waals surface area contributed by atoms with Gasteiger partial charge in [-0.25, -0.2) is 0 Å². The molecule has 146 valence electrons. The van der Waals surface area contributed by atoms with Gasteiger partial charge >= 0.3 is 0 Å². The summed E-state index contributed by atoms with van der Waals surface area (Å²) in [6.07, 6.45) is 1.23. The van der Waals surface area contributed by atoms with Gasteiger partial charge in [-0.05, 0) is 49.2 Å². The van der Waals surface area contributed by atoms with Crippen LogP contribution in [0.3, 0.4) is 0 Å². The first-order valence-electron chi connectivity index (χ1n) is 9.27. The first-order valence-corrected chi connectivity index (χ1v) is 9.27. The lowest BCUT2D eigenvalue weighted by Gasteiger charge is -2.11. The third kappa shape index (κ3) is 5.40. The zero-order valence-corrected chi connectivity index (χ0v) is 15.4. The minimum Gasteiger partial charge on any atom is -0.368 e. The average Bonchev–Trinajstić information content (AvgIpc) is 3.27. The Morgan fingerprint density at radius 1 is 0.857 bits per heavy atom. The molecule has 3 rings (SSSR count). The highest BCUT2D eigenvalue weighted by Crippen LogP contribution is 2.15. The van der Waals surface area contributed by atoms with E-state index in [0.717, 1.165) is 12.8 Å². The largest absolute Gasteiger partial charge is 0.368 e. The fourth-order valence-corrected chi connectivity index (χ4v) is 2.86. The molecule has 3 N–H and O–H groups in total. The zero-order chi connectivity index (χ0) is 19.8. The molecule has 1 aliphatic heterocycles. The summed E-state index contributed by atoms with van der Waals surface area (Å²) in [5.41, 5.74) is 1.67. The Bertz CT molecular complexity index is 815. The van der Waals surface area contributed by atoms with Crippen molar-refractivity contribution in [3.05, 3.63) is 65.7 Å². The molecular formula is C21H23N3O4.